The summed E-state index contributed by atoms with van der Waals surface area (Å²) in [4.78, 5) is 27.5. The molecule has 0 bridgehead atoms. The minimum Gasteiger partial charge on any atom is -0.335 e. The highest BCUT2D eigenvalue weighted by molar-refractivity contribution is 6.30. The van der Waals surface area contributed by atoms with Crippen LogP contribution in [0.15, 0.2) is 48.5 Å². The van der Waals surface area contributed by atoms with Crippen LogP contribution in [0.4, 0.5) is 0 Å². The van der Waals surface area contributed by atoms with Gasteiger partial charge in [-0.25, -0.2) is 5.84 Å². The van der Waals surface area contributed by atoms with Gasteiger partial charge in [-0.15, -0.1) is 0 Å². The number of carbonyl (C=O) groups excluding carboxylic acids is 2. The van der Waals surface area contributed by atoms with Gasteiger partial charge in [0.2, 0.25) is 11.8 Å². The molecule has 1 heterocycles. The Bertz CT molecular complexity index is 930. The smallest absolute Gasteiger partial charge is 0.234 e. The fourth-order valence-electron chi connectivity index (χ4n) is 4.49. The van der Waals surface area contributed by atoms with Crippen molar-refractivity contribution >= 4 is 35.0 Å². The van der Waals surface area contributed by atoms with Crippen LogP contribution in [0.2, 0.25) is 10.0 Å². The molecule has 2 amide bonds. The van der Waals surface area contributed by atoms with Crippen molar-refractivity contribution in [3.63, 3.8) is 0 Å². The highest BCUT2D eigenvalue weighted by atomic mass is 35.5. The van der Waals surface area contributed by atoms with Crippen molar-refractivity contribution in [3.8, 4) is 0 Å². The molecule has 7 heteroatoms. The summed E-state index contributed by atoms with van der Waals surface area (Å²) in [5, 5.41) is 1.32. The summed E-state index contributed by atoms with van der Waals surface area (Å²) in [7, 11) is 0. The average molecular weight is 446 g/mol. The quantitative estimate of drug-likeness (QED) is 0.391. The van der Waals surface area contributed by atoms with E-state index in [0.717, 1.165) is 24.0 Å². The second kappa shape index (κ2) is 8.96. The average Bonchev–Trinajstić information content (AvgIpc) is 3.55. The molecular formula is C23H25Cl2N3O2. The van der Waals surface area contributed by atoms with E-state index in [1.807, 2.05) is 53.4 Å². The molecule has 0 spiro atoms. The zero-order chi connectivity index (χ0) is 21.3. The number of benzene rings is 2. The molecular weight excluding hydrogens is 421 g/mol. The van der Waals surface area contributed by atoms with Gasteiger partial charge in [-0.3, -0.25) is 15.0 Å². The number of halogens is 2. The maximum Gasteiger partial charge on any atom is 0.234 e. The van der Waals surface area contributed by atoms with E-state index in [2.05, 4.69) is 5.43 Å². The number of rotatable bonds is 6. The van der Waals surface area contributed by atoms with Crippen molar-refractivity contribution in [2.45, 2.75) is 37.6 Å². The summed E-state index contributed by atoms with van der Waals surface area (Å²) < 4.78 is 0. The van der Waals surface area contributed by atoms with Gasteiger partial charge < -0.3 is 4.90 Å². The lowest BCUT2D eigenvalue weighted by Crippen LogP contribution is -2.49. The van der Waals surface area contributed by atoms with E-state index in [0.29, 0.717) is 28.9 Å². The third kappa shape index (κ3) is 4.64. The van der Waals surface area contributed by atoms with Crippen LogP contribution >= 0.6 is 23.2 Å². The molecule has 3 atom stereocenters. The summed E-state index contributed by atoms with van der Waals surface area (Å²) >= 11 is 12.4. The van der Waals surface area contributed by atoms with Crippen LogP contribution < -0.4 is 11.3 Å². The number of hydrogen-bond acceptors (Lipinski definition) is 3. The first-order valence-corrected chi connectivity index (χ1v) is 11.0. The molecule has 158 valence electrons. The minimum atomic E-state index is -0.417. The van der Waals surface area contributed by atoms with Crippen LogP contribution in [0.3, 0.4) is 0 Å². The Morgan fingerprint density at radius 3 is 2.43 bits per heavy atom. The molecule has 4 rings (SSSR count). The number of piperidine rings is 1. The molecule has 0 radical (unpaired) electrons. The van der Waals surface area contributed by atoms with Gasteiger partial charge >= 0.3 is 0 Å². The molecule has 30 heavy (non-hydrogen) atoms. The molecule has 1 unspecified atom stereocenters. The predicted octanol–water partition coefficient (Wildman–Crippen LogP) is 4.46. The third-order valence-electron chi connectivity index (χ3n) is 6.12. The van der Waals surface area contributed by atoms with Crippen LogP contribution in [-0.2, 0) is 9.59 Å². The van der Waals surface area contributed by atoms with Gasteiger partial charge in [-0.05, 0) is 60.6 Å². The van der Waals surface area contributed by atoms with Crippen molar-refractivity contribution in [2.75, 3.05) is 6.54 Å². The van der Waals surface area contributed by atoms with Crippen molar-refractivity contribution in [1.29, 1.82) is 0 Å². The topological polar surface area (TPSA) is 75.4 Å². The molecule has 1 saturated carbocycles. The molecule has 2 fully saturated rings. The third-order valence-corrected chi connectivity index (χ3v) is 6.61. The van der Waals surface area contributed by atoms with E-state index < -0.39 is 5.92 Å². The predicted molar refractivity (Wildman–Crippen MR) is 118 cm³/mol. The van der Waals surface area contributed by atoms with Crippen LogP contribution in [0, 0.1) is 11.8 Å². The minimum absolute atomic E-state index is 0.0110. The molecule has 1 aliphatic heterocycles. The Morgan fingerprint density at radius 2 is 1.80 bits per heavy atom. The highest BCUT2D eigenvalue weighted by Crippen LogP contribution is 2.48. The van der Waals surface area contributed by atoms with E-state index in [9.17, 15) is 9.59 Å². The number of likely N-dealkylation sites (tertiary alicyclic amines) is 1. The van der Waals surface area contributed by atoms with Gasteiger partial charge in [-0.2, -0.15) is 0 Å². The molecule has 1 aliphatic carbocycles. The Balaban J connectivity index is 1.77. The Morgan fingerprint density at radius 1 is 1.07 bits per heavy atom. The van der Waals surface area contributed by atoms with E-state index >= 15 is 0 Å². The Kier molecular flexibility index (Phi) is 6.32. The van der Waals surface area contributed by atoms with E-state index in [1.54, 1.807) is 0 Å². The van der Waals surface area contributed by atoms with Crippen molar-refractivity contribution in [2.24, 2.45) is 17.7 Å². The molecule has 1 saturated heterocycles. The Labute approximate surface area is 186 Å². The number of amides is 2. The molecule has 3 N–H and O–H groups in total. The van der Waals surface area contributed by atoms with Crippen molar-refractivity contribution < 1.29 is 9.59 Å². The van der Waals surface area contributed by atoms with E-state index in [1.165, 1.54) is 0 Å². The first kappa shape index (κ1) is 21.2. The van der Waals surface area contributed by atoms with Crippen LogP contribution in [0.1, 0.15) is 48.8 Å². The second-order valence-corrected chi connectivity index (χ2v) is 9.17. The van der Waals surface area contributed by atoms with Crippen LogP contribution in [0.5, 0.6) is 0 Å². The van der Waals surface area contributed by atoms with Gasteiger partial charge in [0, 0.05) is 34.8 Å². The maximum absolute atomic E-state index is 13.5. The SMILES string of the molecule is NNC(=O)C[C@H]1C[C@H](c2cccc(Cl)c2)C(c2ccc(Cl)cc2)N(CC2CC2)C1=O. The van der Waals surface area contributed by atoms with E-state index in [-0.39, 0.29) is 30.2 Å². The lowest BCUT2D eigenvalue weighted by atomic mass is 9.74. The monoisotopic (exact) mass is 445 g/mol. The number of nitrogens with zero attached hydrogens (tertiary/aromatic N) is 1. The summed E-state index contributed by atoms with van der Waals surface area (Å²) in [5.74, 6) is 5.11. The number of hydrogen-bond donors (Lipinski definition) is 2. The summed E-state index contributed by atoms with van der Waals surface area (Å²) in [5.41, 5.74) is 4.27. The first-order valence-electron chi connectivity index (χ1n) is 10.3. The van der Waals surface area contributed by atoms with Gasteiger partial charge in [0.15, 0.2) is 0 Å². The molecule has 2 aliphatic rings. The van der Waals surface area contributed by atoms with Crippen molar-refractivity contribution in [3.05, 3.63) is 69.7 Å². The fraction of sp³-hybridized carbons (Fsp3) is 0.391. The number of nitrogens with two attached hydrogens (primary N) is 1. The molecule has 5 nitrogen and oxygen atoms in total. The molecule has 2 aromatic carbocycles. The summed E-state index contributed by atoms with van der Waals surface area (Å²) in [6.45, 7) is 0.698. The zero-order valence-electron chi connectivity index (χ0n) is 16.6. The zero-order valence-corrected chi connectivity index (χ0v) is 18.1. The van der Waals surface area contributed by atoms with Gasteiger partial charge in [0.25, 0.3) is 0 Å². The lowest BCUT2D eigenvalue weighted by molar-refractivity contribution is -0.146. The van der Waals surface area contributed by atoms with E-state index in [4.69, 9.17) is 29.0 Å². The Hall–Kier alpha value is -2.08. The number of nitrogens with one attached hydrogen (secondary N) is 1. The second-order valence-electron chi connectivity index (χ2n) is 8.30. The lowest BCUT2D eigenvalue weighted by Gasteiger charge is -2.45. The van der Waals surface area contributed by atoms with Crippen LogP contribution in [-0.4, -0.2) is 23.3 Å². The van der Waals surface area contributed by atoms with Gasteiger partial charge in [0.05, 0.1) is 6.04 Å². The summed E-state index contributed by atoms with van der Waals surface area (Å²) in [6, 6.07) is 15.3. The van der Waals surface area contributed by atoms with Crippen LogP contribution in [0.25, 0.3) is 0 Å². The first-order chi connectivity index (χ1) is 14.5. The summed E-state index contributed by atoms with van der Waals surface area (Å²) in [6.07, 6.45) is 2.90. The molecule has 2 aromatic rings. The van der Waals surface area contributed by atoms with Crippen molar-refractivity contribution in [1.82, 2.24) is 10.3 Å². The maximum atomic E-state index is 13.5. The number of carbonyl (C=O) groups is 2. The number of hydrazine groups is 1. The fourth-order valence-corrected chi connectivity index (χ4v) is 4.81. The normalized spacial score (nSPS) is 24.0. The van der Waals surface area contributed by atoms with Gasteiger partial charge in [-0.1, -0.05) is 47.5 Å². The molecule has 0 aromatic heterocycles. The largest absolute Gasteiger partial charge is 0.335 e. The highest BCUT2D eigenvalue weighted by Gasteiger charge is 2.45. The standard InChI is InChI=1S/C23H25Cl2N3O2/c24-18-8-6-15(7-9-18)22-20(16-2-1-3-19(25)10-16)11-17(12-21(29)27-26)23(30)28(22)13-14-4-5-14/h1-3,6-10,14,17,20,22H,4-5,11-13,26H2,(H,27,29)/t17-,20-,22?/m1/s1. The van der Waals surface area contributed by atoms with Gasteiger partial charge in [0.1, 0.15) is 0 Å².